The van der Waals surface area contributed by atoms with Gasteiger partial charge in [0.05, 0.1) is 0 Å². The molecule has 0 nitrogen and oxygen atoms in total. The van der Waals surface area contributed by atoms with E-state index in [9.17, 15) is 0 Å². The van der Waals surface area contributed by atoms with Crippen molar-refractivity contribution < 1.29 is 338 Å². The van der Waals surface area contributed by atoms with E-state index in [0.717, 1.165) is 0 Å². The Hall–Kier alpha value is 11.1. The van der Waals surface area contributed by atoms with Gasteiger partial charge in [0.25, 0.3) is 0 Å². The summed E-state index contributed by atoms with van der Waals surface area (Å²) in [5.74, 6) is 0. The first kappa shape index (κ1) is 104. The van der Waals surface area contributed by atoms with Crippen LogP contribution in [0.3, 0.4) is 0 Å². The van der Waals surface area contributed by atoms with Crippen molar-refractivity contribution in [3.63, 3.8) is 0 Å². The first-order chi connectivity index (χ1) is 0. The van der Waals surface area contributed by atoms with Crippen LogP contribution in [0.5, 0.6) is 0 Å². The van der Waals surface area contributed by atoms with Gasteiger partial charge in [-0.2, -0.15) is 0 Å². The third-order valence-electron chi connectivity index (χ3n) is 0. The van der Waals surface area contributed by atoms with Gasteiger partial charge in [-0.15, -0.1) is 0 Å². The minimum absolute atomic E-state index is 0. The van der Waals surface area contributed by atoms with Crippen LogP contribution in [0.15, 0.2) is 0 Å². The zero-order valence-corrected chi connectivity index (χ0v) is 44.4. The van der Waals surface area contributed by atoms with Crippen LogP contribution >= 0.6 is 0 Å². The van der Waals surface area contributed by atoms with E-state index in [1.54, 1.807) is 0 Å². The molecule has 0 rings (SSSR count). The zero-order valence-electron chi connectivity index (χ0n) is 5.47. The monoisotopic (exact) mass is 2360 g/mol. The maximum absolute atomic E-state index is 0. The molecule has 0 saturated heterocycles. The predicted molar refractivity (Wildman–Crippen MR) is 0 cm³/mol. The molecule has 0 amide bonds. The van der Waals surface area contributed by atoms with Gasteiger partial charge < -0.3 is 0 Å². The zero-order chi connectivity index (χ0) is 0. The molecular weight excluding hydrogens is 2350 g/mol. The first-order valence-electron chi connectivity index (χ1n) is 0. The van der Waals surface area contributed by atoms with E-state index in [-0.39, 0.29) is 338 Å². The van der Waals surface area contributed by atoms with E-state index < -0.39 is 0 Å². The Morgan fingerprint density at radius 1 is 1.00 bits per heavy atom. The van der Waals surface area contributed by atoms with Gasteiger partial charge >= 0.3 is 0 Å². The Labute approximate surface area is 327 Å². The van der Waals surface area contributed by atoms with E-state index in [2.05, 4.69) is 0 Å². The molecule has 0 aromatic carbocycles. The summed E-state index contributed by atoms with van der Waals surface area (Å²) in [6.45, 7) is 0. The number of hydrogen-bond donors (Lipinski definition) is 0. The predicted octanol–water partition coefficient (Wildman–Crippen LogP) is -0.0250. The normalized spacial score (nSPS) is 0. The molecule has 0 atom stereocenters. The fourth-order valence-electron chi connectivity index (χ4n) is 0. The minimum Gasteiger partial charge on any atom is 0 e. The molecule has 0 aliphatic carbocycles. The van der Waals surface area contributed by atoms with Crippen molar-refractivity contribution in [2.75, 3.05) is 0 Å². The van der Waals surface area contributed by atoms with E-state index >= 15 is 0 Å². The van der Waals surface area contributed by atoms with Gasteiger partial charge in [-0.3, -0.25) is 0 Å². The molecule has 13 heavy (non-hydrogen) atoms. The molecule has 0 bridgehead atoms. The molecule has 7 radical (unpaired) electrons. The smallest absolute Gasteiger partial charge is 0 e. The van der Waals surface area contributed by atoms with Gasteiger partial charge in [-0.05, 0) is 0 Å². The van der Waals surface area contributed by atoms with E-state index in [1.807, 2.05) is 0 Å². The molecule has 0 spiro atoms. The fraction of sp³-hybridized carbons (Fsp3) is 0. The fourth-order valence-corrected chi connectivity index (χ4v) is 0. The maximum Gasteiger partial charge on any atom is 0 e. The second kappa shape index (κ2) is 91.4. The van der Waals surface area contributed by atoms with Crippen LogP contribution in [-0.4, -0.2) is 0 Å². The quantitative estimate of drug-likeness (QED) is 0.300. The molecule has 0 unspecified atom stereocenters. The van der Waals surface area contributed by atoms with Crippen molar-refractivity contribution in [2.45, 2.75) is 0 Å². The van der Waals surface area contributed by atoms with Crippen LogP contribution in [0.25, 0.3) is 0 Å². The molecule has 0 fully saturated rings. The summed E-state index contributed by atoms with van der Waals surface area (Å²) in [6, 6.07) is 0. The largest absolute Gasteiger partial charge is 0 e. The summed E-state index contributed by atoms with van der Waals surface area (Å²) in [5, 5.41) is 0. The van der Waals surface area contributed by atoms with E-state index in [0.29, 0.717) is 0 Å². The summed E-state index contributed by atoms with van der Waals surface area (Å²) in [4.78, 5) is 0. The first-order valence-corrected chi connectivity index (χ1v) is 0. The van der Waals surface area contributed by atoms with Crippen LogP contribution in [0.2, 0.25) is 0 Å². The van der Waals surface area contributed by atoms with Crippen molar-refractivity contribution in [3.05, 3.63) is 0 Å². The van der Waals surface area contributed by atoms with Gasteiger partial charge in [-0.25, -0.2) is 0 Å². The Bertz CT molecular complexity index is 48.1. The van der Waals surface area contributed by atoms with Crippen molar-refractivity contribution in [1.29, 1.82) is 0 Å². The molecule has 0 heterocycles. The second-order valence-corrected chi connectivity index (χ2v) is 0. The molecule has 0 aliphatic heterocycles. The molecule has 0 N–H and O–H groups in total. The molecular formula is AcAuHfHgIrLaLuOsPdPtReTaW. The molecule has 0 aromatic rings. The van der Waals surface area contributed by atoms with Crippen LogP contribution in [0.4, 0.5) is 0 Å². The van der Waals surface area contributed by atoms with Gasteiger partial charge in [0.2, 0.25) is 0 Å². The van der Waals surface area contributed by atoms with Crippen molar-refractivity contribution in [2.24, 2.45) is 0 Å². The topological polar surface area (TPSA) is 0 Å². The van der Waals surface area contributed by atoms with Crippen molar-refractivity contribution >= 4 is 0 Å². The van der Waals surface area contributed by atoms with Crippen LogP contribution in [0.1, 0.15) is 0 Å². The summed E-state index contributed by atoms with van der Waals surface area (Å²) >= 11 is 0. The van der Waals surface area contributed by atoms with E-state index in [1.165, 1.54) is 0 Å². The second-order valence-electron chi connectivity index (χ2n) is 0. The molecule has 0 aliphatic rings. The number of hydrogen-bond acceptors (Lipinski definition) is 0. The minimum atomic E-state index is 0. The van der Waals surface area contributed by atoms with Crippen molar-refractivity contribution in [3.8, 4) is 0 Å². The third kappa shape index (κ3) is 83.3. The Morgan fingerprint density at radius 3 is 1.00 bits per heavy atom. The molecule has 0 aromatic heterocycles. The van der Waals surface area contributed by atoms with Gasteiger partial charge in [0.1, 0.15) is 0 Å². The summed E-state index contributed by atoms with van der Waals surface area (Å²) in [7, 11) is 0. The van der Waals surface area contributed by atoms with Crippen LogP contribution < -0.4 is 0 Å². The SMILES string of the molecule is [Ac].[Au].[Hf].[Hg].[Ir].[La].[Lu].[Os].[Pd].[Pt].[Re].[Ta].[W]. The van der Waals surface area contributed by atoms with Gasteiger partial charge in [0.15, 0.2) is 0 Å². The van der Waals surface area contributed by atoms with Gasteiger partial charge in [-0.1, -0.05) is 0 Å². The molecule has 0 saturated carbocycles. The average Bonchev–Trinajstić information content (AvgIpc) is 0. The molecule has 93 valence electrons. The summed E-state index contributed by atoms with van der Waals surface area (Å²) in [5.41, 5.74) is 0. The standard InChI is InChI=1S/Ac.Au.Hf.Hg.Ir.La.Lu.Os.Pd.Pt.Re.Ta.W. The maximum atomic E-state index is 0. The van der Waals surface area contributed by atoms with Gasteiger partial charge in [0, 0.05) is 338 Å². The van der Waals surface area contributed by atoms with E-state index in [4.69, 9.17) is 0 Å². The van der Waals surface area contributed by atoms with Crippen molar-refractivity contribution in [1.82, 2.24) is 0 Å². The summed E-state index contributed by atoms with van der Waals surface area (Å²) < 4.78 is 0. The average molecular weight is 2350 g/mol. The molecule has 13 heteroatoms. The Balaban J connectivity index is 0. The number of rotatable bonds is 0. The Morgan fingerprint density at radius 2 is 1.00 bits per heavy atom. The third-order valence-corrected chi connectivity index (χ3v) is 0. The Kier molecular flexibility index (Phi) is 732. The van der Waals surface area contributed by atoms with Crippen LogP contribution in [0, 0.1) is 117 Å². The van der Waals surface area contributed by atoms with Crippen LogP contribution in [-0.2, 0) is 221 Å². The summed E-state index contributed by atoms with van der Waals surface area (Å²) in [6.07, 6.45) is 0.